The Hall–Kier alpha value is -0.820. The summed E-state index contributed by atoms with van der Waals surface area (Å²) in [5.74, 6) is 0.389. The summed E-state index contributed by atoms with van der Waals surface area (Å²) in [4.78, 5) is 11.5. The molecule has 0 saturated heterocycles. The second-order valence-electron chi connectivity index (χ2n) is 6.49. The lowest BCUT2D eigenvalue weighted by atomic mass is 9.86. The molecule has 1 fully saturated rings. The van der Waals surface area contributed by atoms with Gasteiger partial charge in [-0.05, 0) is 52.4 Å². The van der Waals surface area contributed by atoms with Crippen LogP contribution in [0.4, 0.5) is 4.79 Å². The number of carbonyl (C=O) groups excluding carboxylic acids is 1. The number of alkyl carbamates (subject to hydrolysis) is 1. The van der Waals surface area contributed by atoms with E-state index in [2.05, 4.69) is 10.0 Å². The zero-order valence-electron chi connectivity index (χ0n) is 12.7. The average molecular weight is 306 g/mol. The molecule has 7 heteroatoms. The third-order valence-corrected chi connectivity index (χ3v) is 3.92. The van der Waals surface area contributed by atoms with E-state index < -0.39 is 21.7 Å². The summed E-state index contributed by atoms with van der Waals surface area (Å²) < 4.78 is 30.1. The summed E-state index contributed by atoms with van der Waals surface area (Å²) >= 11 is 0. The van der Waals surface area contributed by atoms with E-state index in [9.17, 15) is 13.2 Å². The van der Waals surface area contributed by atoms with E-state index in [1.807, 2.05) is 20.8 Å². The molecule has 0 aromatic rings. The Morgan fingerprint density at radius 3 is 2.20 bits per heavy atom. The highest BCUT2D eigenvalue weighted by Crippen LogP contribution is 2.24. The molecule has 0 unspecified atom stereocenters. The SMILES string of the molecule is CC(C)(C)OC(=O)NCC1CCC(NS(C)(=O)=O)CC1. The van der Waals surface area contributed by atoms with Gasteiger partial charge in [0.2, 0.25) is 10.0 Å². The summed E-state index contributed by atoms with van der Waals surface area (Å²) in [5, 5.41) is 2.77. The van der Waals surface area contributed by atoms with Crippen LogP contribution < -0.4 is 10.0 Å². The third kappa shape index (κ3) is 7.69. The number of nitrogens with one attached hydrogen (secondary N) is 2. The van der Waals surface area contributed by atoms with E-state index in [-0.39, 0.29) is 6.04 Å². The van der Waals surface area contributed by atoms with Crippen molar-refractivity contribution in [3.05, 3.63) is 0 Å². The second-order valence-corrected chi connectivity index (χ2v) is 8.27. The van der Waals surface area contributed by atoms with Crippen LogP contribution in [0.2, 0.25) is 0 Å². The molecular formula is C13H26N2O4S. The first-order valence-corrected chi connectivity index (χ1v) is 8.88. The Kier molecular flexibility index (Phi) is 5.82. The lowest BCUT2D eigenvalue weighted by Gasteiger charge is -2.29. The van der Waals surface area contributed by atoms with Gasteiger partial charge in [0.1, 0.15) is 5.60 Å². The number of hydrogen-bond donors (Lipinski definition) is 2. The number of rotatable bonds is 4. The van der Waals surface area contributed by atoms with Gasteiger partial charge in [-0.15, -0.1) is 0 Å². The van der Waals surface area contributed by atoms with Crippen molar-refractivity contribution in [1.29, 1.82) is 0 Å². The van der Waals surface area contributed by atoms with Crippen LogP contribution in [0.15, 0.2) is 0 Å². The van der Waals surface area contributed by atoms with Crippen molar-refractivity contribution in [2.24, 2.45) is 5.92 Å². The van der Waals surface area contributed by atoms with E-state index >= 15 is 0 Å². The summed E-state index contributed by atoms with van der Waals surface area (Å²) in [5.41, 5.74) is -0.485. The minimum atomic E-state index is -3.13. The molecule has 0 aromatic heterocycles. The lowest BCUT2D eigenvalue weighted by Crippen LogP contribution is -2.40. The molecule has 1 aliphatic rings. The monoisotopic (exact) mass is 306 g/mol. The lowest BCUT2D eigenvalue weighted by molar-refractivity contribution is 0.0515. The number of hydrogen-bond acceptors (Lipinski definition) is 4. The quantitative estimate of drug-likeness (QED) is 0.826. The van der Waals surface area contributed by atoms with Gasteiger partial charge in [-0.2, -0.15) is 0 Å². The van der Waals surface area contributed by atoms with Crippen LogP contribution in [0.3, 0.4) is 0 Å². The van der Waals surface area contributed by atoms with Crippen LogP contribution in [0.5, 0.6) is 0 Å². The van der Waals surface area contributed by atoms with Gasteiger partial charge in [0, 0.05) is 12.6 Å². The molecule has 0 heterocycles. The van der Waals surface area contributed by atoms with Crippen LogP contribution in [-0.4, -0.2) is 39.0 Å². The van der Waals surface area contributed by atoms with Gasteiger partial charge in [-0.25, -0.2) is 17.9 Å². The van der Waals surface area contributed by atoms with Crippen LogP contribution in [0.25, 0.3) is 0 Å². The first-order valence-electron chi connectivity index (χ1n) is 6.99. The molecule has 0 radical (unpaired) electrons. The normalized spacial score (nSPS) is 24.2. The van der Waals surface area contributed by atoms with Crippen LogP contribution >= 0.6 is 0 Å². The highest BCUT2D eigenvalue weighted by molar-refractivity contribution is 7.88. The zero-order chi connectivity index (χ0) is 15.4. The molecule has 0 bridgehead atoms. The predicted molar refractivity (Wildman–Crippen MR) is 78.0 cm³/mol. The van der Waals surface area contributed by atoms with E-state index in [0.717, 1.165) is 25.7 Å². The van der Waals surface area contributed by atoms with Gasteiger partial charge in [-0.3, -0.25) is 0 Å². The van der Waals surface area contributed by atoms with Gasteiger partial charge >= 0.3 is 6.09 Å². The van der Waals surface area contributed by atoms with E-state index in [1.165, 1.54) is 6.26 Å². The zero-order valence-corrected chi connectivity index (χ0v) is 13.5. The Morgan fingerprint density at radius 1 is 1.20 bits per heavy atom. The van der Waals surface area contributed by atoms with E-state index in [0.29, 0.717) is 12.5 Å². The molecule has 1 saturated carbocycles. The maximum absolute atomic E-state index is 11.5. The third-order valence-electron chi connectivity index (χ3n) is 3.16. The Balaban J connectivity index is 2.24. The molecule has 0 aromatic carbocycles. The summed E-state index contributed by atoms with van der Waals surface area (Å²) in [7, 11) is -3.13. The summed E-state index contributed by atoms with van der Waals surface area (Å²) in [6, 6.07) is 0.0303. The van der Waals surface area contributed by atoms with Crippen molar-refractivity contribution in [1.82, 2.24) is 10.0 Å². The first-order chi connectivity index (χ1) is 9.05. The molecular weight excluding hydrogens is 280 g/mol. The van der Waals surface area contributed by atoms with Crippen molar-refractivity contribution in [3.8, 4) is 0 Å². The van der Waals surface area contributed by atoms with Gasteiger partial charge in [-0.1, -0.05) is 0 Å². The summed E-state index contributed by atoms with van der Waals surface area (Å²) in [6.07, 6.45) is 4.23. The minimum absolute atomic E-state index is 0.0303. The predicted octanol–water partition coefficient (Wildman–Crippen LogP) is 1.62. The maximum atomic E-state index is 11.5. The molecule has 2 N–H and O–H groups in total. The van der Waals surface area contributed by atoms with Gasteiger partial charge in [0.25, 0.3) is 0 Å². The largest absolute Gasteiger partial charge is 0.444 e. The number of sulfonamides is 1. The number of carbonyl (C=O) groups is 1. The Labute approximate surface area is 121 Å². The minimum Gasteiger partial charge on any atom is -0.444 e. The molecule has 1 aliphatic carbocycles. The van der Waals surface area contributed by atoms with Gasteiger partial charge in [0.05, 0.1) is 6.26 Å². The molecule has 118 valence electrons. The van der Waals surface area contributed by atoms with Crippen LogP contribution in [-0.2, 0) is 14.8 Å². The standard InChI is InChI=1S/C13H26N2O4S/c1-13(2,3)19-12(16)14-9-10-5-7-11(8-6-10)15-20(4,17)18/h10-11,15H,5-9H2,1-4H3,(H,14,16). The van der Waals surface area contributed by atoms with Crippen molar-refractivity contribution in [2.45, 2.75) is 58.1 Å². The molecule has 6 nitrogen and oxygen atoms in total. The van der Waals surface area contributed by atoms with Crippen molar-refractivity contribution >= 4 is 16.1 Å². The molecule has 0 atom stereocenters. The summed E-state index contributed by atoms with van der Waals surface area (Å²) in [6.45, 7) is 6.07. The maximum Gasteiger partial charge on any atom is 0.407 e. The van der Waals surface area contributed by atoms with Crippen LogP contribution in [0, 0.1) is 5.92 Å². The highest BCUT2D eigenvalue weighted by atomic mass is 32.2. The fourth-order valence-electron chi connectivity index (χ4n) is 2.33. The Morgan fingerprint density at radius 2 is 1.75 bits per heavy atom. The molecule has 1 rings (SSSR count). The molecule has 1 amide bonds. The number of ether oxygens (including phenoxy) is 1. The molecule has 20 heavy (non-hydrogen) atoms. The van der Waals surface area contributed by atoms with E-state index in [1.54, 1.807) is 0 Å². The second kappa shape index (κ2) is 6.76. The fraction of sp³-hybridized carbons (Fsp3) is 0.923. The van der Waals surface area contributed by atoms with Gasteiger partial charge in [0.15, 0.2) is 0 Å². The van der Waals surface area contributed by atoms with Crippen molar-refractivity contribution in [3.63, 3.8) is 0 Å². The highest BCUT2D eigenvalue weighted by Gasteiger charge is 2.24. The van der Waals surface area contributed by atoms with Crippen molar-refractivity contribution < 1.29 is 17.9 Å². The average Bonchev–Trinajstić information content (AvgIpc) is 2.23. The van der Waals surface area contributed by atoms with E-state index in [4.69, 9.17) is 4.74 Å². The number of amides is 1. The smallest absolute Gasteiger partial charge is 0.407 e. The van der Waals surface area contributed by atoms with Gasteiger partial charge < -0.3 is 10.1 Å². The molecule has 0 spiro atoms. The van der Waals surface area contributed by atoms with Crippen LogP contribution in [0.1, 0.15) is 46.5 Å². The van der Waals surface area contributed by atoms with Crippen molar-refractivity contribution in [2.75, 3.05) is 12.8 Å². The first kappa shape index (κ1) is 17.2. The fourth-order valence-corrected chi connectivity index (χ4v) is 3.17. The molecule has 0 aliphatic heterocycles. The Bertz CT molecular complexity index is 420. The topological polar surface area (TPSA) is 84.5 Å².